The van der Waals surface area contributed by atoms with E-state index in [4.69, 9.17) is 0 Å². The topological polar surface area (TPSA) is 65.9 Å². The zero-order chi connectivity index (χ0) is 21.3. The average Bonchev–Trinajstić information content (AvgIpc) is 3.36. The summed E-state index contributed by atoms with van der Waals surface area (Å²) < 4.78 is 29.4. The van der Waals surface area contributed by atoms with Crippen molar-refractivity contribution in [2.24, 2.45) is 7.05 Å². The number of amides is 1. The Morgan fingerprint density at radius 2 is 1.73 bits per heavy atom. The van der Waals surface area contributed by atoms with Gasteiger partial charge in [0.2, 0.25) is 15.9 Å². The van der Waals surface area contributed by atoms with E-state index in [9.17, 15) is 13.2 Å². The lowest BCUT2D eigenvalue weighted by Crippen LogP contribution is -2.52. The van der Waals surface area contributed by atoms with Gasteiger partial charge in [-0.15, -0.1) is 0 Å². The third kappa shape index (κ3) is 4.17. The number of likely N-dealkylation sites (tertiary alicyclic amines) is 1. The maximum absolute atomic E-state index is 12.9. The van der Waals surface area contributed by atoms with E-state index in [-0.39, 0.29) is 11.9 Å². The first-order chi connectivity index (χ1) is 14.4. The summed E-state index contributed by atoms with van der Waals surface area (Å²) in [4.78, 5) is 17.3. The summed E-state index contributed by atoms with van der Waals surface area (Å²) >= 11 is 0. The fourth-order valence-electron chi connectivity index (χ4n) is 4.48. The molecule has 3 heterocycles. The molecule has 2 aromatic rings. The van der Waals surface area contributed by atoms with Crippen LogP contribution in [0.2, 0.25) is 0 Å². The van der Waals surface area contributed by atoms with Crippen molar-refractivity contribution in [3.05, 3.63) is 53.9 Å². The zero-order valence-corrected chi connectivity index (χ0v) is 18.5. The summed E-state index contributed by atoms with van der Waals surface area (Å²) in [7, 11) is -1.47. The first-order valence-corrected chi connectivity index (χ1v) is 12.0. The lowest BCUT2D eigenvalue weighted by molar-refractivity contribution is -0.133. The average molecular weight is 431 g/mol. The normalized spacial score (nSPS) is 21.3. The standard InChI is InChI=1S/C22H30N4O3S/c1-18-7-9-19(10-8-18)30(28,29)26-15-13-24(14-16-26)22(27)17-25-12-4-6-21(25)20-5-3-11-23(20)2/h3,5,7-11,21H,4,6,12-17H2,1-2H3/t21-/m0/s1. The van der Waals surface area contributed by atoms with Gasteiger partial charge in [-0.1, -0.05) is 17.7 Å². The van der Waals surface area contributed by atoms with Crippen LogP contribution in [0.1, 0.15) is 30.1 Å². The van der Waals surface area contributed by atoms with Crippen LogP contribution in [0, 0.1) is 6.92 Å². The van der Waals surface area contributed by atoms with Crippen LogP contribution in [0.15, 0.2) is 47.5 Å². The highest BCUT2D eigenvalue weighted by molar-refractivity contribution is 7.89. The molecule has 0 spiro atoms. The largest absolute Gasteiger partial charge is 0.353 e. The lowest BCUT2D eigenvalue weighted by Gasteiger charge is -2.35. The third-order valence-corrected chi connectivity index (χ3v) is 8.19. The number of rotatable bonds is 5. The van der Waals surface area contributed by atoms with Gasteiger partial charge in [-0.25, -0.2) is 8.42 Å². The molecule has 0 radical (unpaired) electrons. The highest BCUT2D eigenvalue weighted by atomic mass is 32.2. The summed E-state index contributed by atoms with van der Waals surface area (Å²) in [6.07, 6.45) is 4.20. The molecule has 0 unspecified atom stereocenters. The molecule has 2 aliphatic rings. The predicted molar refractivity (Wildman–Crippen MR) is 115 cm³/mol. The summed E-state index contributed by atoms with van der Waals surface area (Å²) in [5, 5.41) is 0. The van der Waals surface area contributed by atoms with Gasteiger partial charge in [-0.3, -0.25) is 9.69 Å². The summed E-state index contributed by atoms with van der Waals surface area (Å²) in [6, 6.07) is 11.4. The summed E-state index contributed by atoms with van der Waals surface area (Å²) in [5.41, 5.74) is 2.27. The molecule has 2 aliphatic heterocycles. The number of carbonyl (C=O) groups is 1. The number of piperazine rings is 1. The third-order valence-electron chi connectivity index (χ3n) is 6.28. The number of aryl methyl sites for hydroxylation is 2. The Kier molecular flexibility index (Phi) is 5.99. The van der Waals surface area contributed by atoms with Gasteiger partial charge in [0.05, 0.1) is 17.5 Å². The van der Waals surface area contributed by atoms with Crippen LogP contribution in [0.3, 0.4) is 0 Å². The van der Waals surface area contributed by atoms with E-state index in [1.165, 1.54) is 10.00 Å². The van der Waals surface area contributed by atoms with E-state index in [0.29, 0.717) is 37.6 Å². The Morgan fingerprint density at radius 3 is 2.37 bits per heavy atom. The van der Waals surface area contributed by atoms with Crippen LogP contribution in [0.4, 0.5) is 0 Å². The summed E-state index contributed by atoms with van der Waals surface area (Å²) in [5.74, 6) is 0.0866. The number of benzene rings is 1. The van der Waals surface area contributed by atoms with Gasteiger partial charge >= 0.3 is 0 Å². The van der Waals surface area contributed by atoms with Gasteiger partial charge in [0.25, 0.3) is 0 Å². The van der Waals surface area contributed by atoms with Gasteiger partial charge < -0.3 is 9.47 Å². The Labute approximate surface area is 178 Å². The van der Waals surface area contributed by atoms with E-state index < -0.39 is 10.0 Å². The Morgan fingerprint density at radius 1 is 1.03 bits per heavy atom. The monoisotopic (exact) mass is 430 g/mol. The molecule has 1 atom stereocenters. The van der Waals surface area contributed by atoms with Crippen molar-refractivity contribution in [2.45, 2.75) is 30.7 Å². The van der Waals surface area contributed by atoms with E-state index >= 15 is 0 Å². The van der Waals surface area contributed by atoms with Crippen molar-refractivity contribution in [3.63, 3.8) is 0 Å². The van der Waals surface area contributed by atoms with Gasteiger partial charge in [-0.05, 0) is 50.6 Å². The highest BCUT2D eigenvalue weighted by Crippen LogP contribution is 2.31. The number of aromatic nitrogens is 1. The SMILES string of the molecule is Cc1ccc(S(=O)(=O)N2CCN(C(=O)CN3CCC[C@H]3c3cccn3C)CC2)cc1. The number of sulfonamides is 1. The van der Waals surface area contributed by atoms with Gasteiger partial charge in [0.15, 0.2) is 0 Å². The van der Waals surface area contributed by atoms with E-state index in [2.05, 4.69) is 15.5 Å². The molecule has 0 N–H and O–H groups in total. The first-order valence-electron chi connectivity index (χ1n) is 10.6. The predicted octanol–water partition coefficient (Wildman–Crippen LogP) is 2.00. The van der Waals surface area contributed by atoms with Crippen molar-refractivity contribution < 1.29 is 13.2 Å². The molecule has 0 saturated carbocycles. The minimum atomic E-state index is -3.51. The molecule has 1 aromatic carbocycles. The molecule has 8 heteroatoms. The second-order valence-electron chi connectivity index (χ2n) is 8.27. The van der Waals surface area contributed by atoms with Crippen molar-refractivity contribution in [1.29, 1.82) is 0 Å². The minimum Gasteiger partial charge on any atom is -0.353 e. The van der Waals surface area contributed by atoms with E-state index in [1.54, 1.807) is 12.1 Å². The van der Waals surface area contributed by atoms with Crippen molar-refractivity contribution in [1.82, 2.24) is 18.7 Å². The number of hydrogen-bond donors (Lipinski definition) is 0. The Balaban J connectivity index is 1.35. The maximum atomic E-state index is 12.9. The molecule has 0 aliphatic carbocycles. The van der Waals surface area contributed by atoms with Gasteiger partial charge in [0.1, 0.15) is 0 Å². The van der Waals surface area contributed by atoms with Crippen molar-refractivity contribution in [2.75, 3.05) is 39.3 Å². The molecule has 1 aromatic heterocycles. The smallest absolute Gasteiger partial charge is 0.243 e. The Hall–Kier alpha value is -2.16. The van der Waals surface area contributed by atoms with Crippen LogP contribution in [-0.2, 0) is 21.9 Å². The van der Waals surface area contributed by atoms with Crippen LogP contribution < -0.4 is 0 Å². The fourth-order valence-corrected chi connectivity index (χ4v) is 5.90. The second kappa shape index (κ2) is 8.53. The molecule has 162 valence electrons. The van der Waals surface area contributed by atoms with Crippen molar-refractivity contribution in [3.8, 4) is 0 Å². The van der Waals surface area contributed by atoms with Crippen molar-refractivity contribution >= 4 is 15.9 Å². The van der Waals surface area contributed by atoms with E-state index in [0.717, 1.165) is 24.9 Å². The molecule has 0 bridgehead atoms. The number of hydrogen-bond acceptors (Lipinski definition) is 4. The molecular formula is C22H30N4O3S. The molecule has 2 fully saturated rings. The quantitative estimate of drug-likeness (QED) is 0.728. The van der Waals surface area contributed by atoms with Gasteiger partial charge in [0, 0.05) is 45.1 Å². The molecule has 1 amide bonds. The molecule has 4 rings (SSSR count). The molecule has 7 nitrogen and oxygen atoms in total. The maximum Gasteiger partial charge on any atom is 0.243 e. The molecular weight excluding hydrogens is 400 g/mol. The minimum absolute atomic E-state index is 0.0866. The first kappa shape index (κ1) is 21.1. The highest BCUT2D eigenvalue weighted by Gasteiger charge is 2.33. The van der Waals surface area contributed by atoms with Crippen LogP contribution in [0.25, 0.3) is 0 Å². The molecule has 2 saturated heterocycles. The summed E-state index contributed by atoms with van der Waals surface area (Å²) in [6.45, 7) is 4.79. The number of nitrogens with zero attached hydrogens (tertiary/aromatic N) is 4. The number of carbonyl (C=O) groups excluding carboxylic acids is 1. The van der Waals surface area contributed by atoms with E-state index in [1.807, 2.05) is 43.3 Å². The fraction of sp³-hybridized carbons (Fsp3) is 0.500. The Bertz CT molecular complexity index is 992. The van der Waals surface area contributed by atoms with Gasteiger partial charge in [-0.2, -0.15) is 4.31 Å². The lowest BCUT2D eigenvalue weighted by atomic mass is 10.1. The molecule has 30 heavy (non-hydrogen) atoms. The van der Waals surface area contributed by atoms with Crippen LogP contribution in [-0.4, -0.2) is 72.3 Å². The second-order valence-corrected chi connectivity index (χ2v) is 10.2. The zero-order valence-electron chi connectivity index (χ0n) is 17.7. The van der Waals surface area contributed by atoms with Crippen LogP contribution in [0.5, 0.6) is 0 Å². The van der Waals surface area contributed by atoms with Crippen LogP contribution >= 0.6 is 0 Å².